The third kappa shape index (κ3) is 3.55. The first-order chi connectivity index (χ1) is 13.5. The van der Waals surface area contributed by atoms with Crippen LogP contribution in [0.25, 0.3) is 11.4 Å². The second kappa shape index (κ2) is 7.77. The molecule has 0 aliphatic carbocycles. The Labute approximate surface area is 172 Å². The topological polar surface area (TPSA) is 61.4 Å². The molecule has 0 amide bonds. The first-order valence-corrected chi connectivity index (χ1v) is 10.2. The van der Waals surface area contributed by atoms with Gasteiger partial charge in [0.15, 0.2) is 0 Å². The number of thioether (sulfide) groups is 1. The van der Waals surface area contributed by atoms with Gasteiger partial charge in [-0.25, -0.2) is 4.68 Å². The lowest BCUT2D eigenvalue weighted by molar-refractivity contribution is 0.751. The highest BCUT2D eigenvalue weighted by Gasteiger charge is 2.17. The maximum absolute atomic E-state index is 6.63. The number of aryl methyl sites for hydroxylation is 3. The van der Waals surface area contributed by atoms with E-state index in [0.29, 0.717) is 10.9 Å². The van der Waals surface area contributed by atoms with Crippen molar-refractivity contribution >= 4 is 23.4 Å². The highest BCUT2D eigenvalue weighted by Crippen LogP contribution is 2.30. The third-order valence-corrected chi connectivity index (χ3v) is 5.82. The molecule has 142 valence electrons. The molecule has 0 saturated heterocycles. The molecule has 2 heterocycles. The lowest BCUT2D eigenvalue weighted by Crippen LogP contribution is -2.02. The number of hydrogen-bond donors (Lipinski definition) is 0. The minimum Gasteiger partial charge on any atom is -0.222 e. The number of benzene rings is 2. The summed E-state index contributed by atoms with van der Waals surface area (Å²) < 4.78 is 3.53. The van der Waals surface area contributed by atoms with Gasteiger partial charge >= 0.3 is 0 Å². The predicted molar refractivity (Wildman–Crippen MR) is 112 cm³/mol. The van der Waals surface area contributed by atoms with Gasteiger partial charge in [0.1, 0.15) is 5.15 Å². The van der Waals surface area contributed by atoms with Gasteiger partial charge in [0.2, 0.25) is 5.16 Å². The van der Waals surface area contributed by atoms with Gasteiger partial charge in [-0.3, -0.25) is 0 Å². The SMILES string of the molecule is Cc1ccc(-n2nnnc2SCc2c(C)nn(-c3ccccc3)c2Cl)c(C)c1. The summed E-state index contributed by atoms with van der Waals surface area (Å²) in [6, 6.07) is 16.1. The Hall–Kier alpha value is -2.64. The van der Waals surface area contributed by atoms with Crippen LogP contribution in [0.4, 0.5) is 0 Å². The van der Waals surface area contributed by atoms with E-state index in [9.17, 15) is 0 Å². The van der Waals surface area contributed by atoms with Gasteiger partial charge in [0.05, 0.1) is 17.1 Å². The van der Waals surface area contributed by atoms with Crippen molar-refractivity contribution in [3.8, 4) is 11.4 Å². The molecular weight excluding hydrogens is 392 g/mol. The maximum Gasteiger partial charge on any atom is 0.214 e. The van der Waals surface area contributed by atoms with E-state index in [4.69, 9.17) is 11.6 Å². The van der Waals surface area contributed by atoms with Gasteiger partial charge in [-0.1, -0.05) is 59.3 Å². The molecule has 0 bridgehead atoms. The number of aromatic nitrogens is 6. The number of hydrogen-bond acceptors (Lipinski definition) is 5. The van der Waals surface area contributed by atoms with E-state index in [1.165, 1.54) is 5.56 Å². The van der Waals surface area contributed by atoms with Crippen LogP contribution in [0.5, 0.6) is 0 Å². The maximum atomic E-state index is 6.63. The lowest BCUT2D eigenvalue weighted by atomic mass is 10.1. The molecule has 28 heavy (non-hydrogen) atoms. The van der Waals surface area contributed by atoms with Gasteiger partial charge < -0.3 is 0 Å². The Kier molecular flexibility index (Phi) is 5.19. The smallest absolute Gasteiger partial charge is 0.214 e. The van der Waals surface area contributed by atoms with Gasteiger partial charge in [-0.2, -0.15) is 9.78 Å². The Morgan fingerprint density at radius 1 is 1.00 bits per heavy atom. The second-order valence-corrected chi connectivity index (χ2v) is 7.85. The molecule has 4 rings (SSSR count). The quantitative estimate of drug-likeness (QED) is 0.445. The largest absolute Gasteiger partial charge is 0.222 e. The van der Waals surface area contributed by atoms with Crippen molar-refractivity contribution in [2.75, 3.05) is 0 Å². The van der Waals surface area contributed by atoms with Gasteiger partial charge in [-0.15, -0.1) is 5.10 Å². The molecular formula is C20H19ClN6S. The van der Waals surface area contributed by atoms with Crippen LogP contribution < -0.4 is 0 Å². The Morgan fingerprint density at radius 3 is 2.54 bits per heavy atom. The molecule has 0 N–H and O–H groups in total. The Balaban J connectivity index is 1.60. The first kappa shape index (κ1) is 18.7. The summed E-state index contributed by atoms with van der Waals surface area (Å²) in [4.78, 5) is 0. The van der Waals surface area contributed by atoms with Crippen molar-refractivity contribution in [1.29, 1.82) is 0 Å². The first-order valence-electron chi connectivity index (χ1n) is 8.83. The van der Waals surface area contributed by atoms with Crippen LogP contribution in [-0.4, -0.2) is 30.0 Å². The van der Waals surface area contributed by atoms with Gasteiger partial charge in [0.25, 0.3) is 0 Å². The van der Waals surface area contributed by atoms with Crippen molar-refractivity contribution in [1.82, 2.24) is 30.0 Å². The minimum atomic E-state index is 0.613. The van der Waals surface area contributed by atoms with Crippen LogP contribution >= 0.6 is 23.4 Å². The fraction of sp³-hybridized carbons (Fsp3) is 0.200. The normalized spacial score (nSPS) is 11.1. The summed E-state index contributed by atoms with van der Waals surface area (Å²) in [5.41, 5.74) is 6.12. The average molecular weight is 411 g/mol. The molecule has 0 aliphatic heterocycles. The van der Waals surface area contributed by atoms with Crippen LogP contribution in [0.15, 0.2) is 53.7 Å². The van der Waals surface area contributed by atoms with E-state index in [1.807, 2.05) is 43.3 Å². The number of tetrazole rings is 1. The summed E-state index contributed by atoms with van der Waals surface area (Å²) in [6.45, 7) is 6.10. The van der Waals surface area contributed by atoms with Crippen molar-refractivity contribution in [3.63, 3.8) is 0 Å². The molecule has 0 atom stereocenters. The van der Waals surface area contributed by atoms with Crippen molar-refractivity contribution in [3.05, 3.63) is 76.1 Å². The molecule has 0 unspecified atom stereocenters. The minimum absolute atomic E-state index is 0.613. The summed E-state index contributed by atoms with van der Waals surface area (Å²) in [6.07, 6.45) is 0. The molecule has 0 fully saturated rings. The van der Waals surface area contributed by atoms with E-state index < -0.39 is 0 Å². The molecule has 2 aromatic heterocycles. The van der Waals surface area contributed by atoms with Gasteiger partial charge in [0, 0.05) is 11.3 Å². The molecule has 0 radical (unpaired) electrons. The third-order valence-electron chi connectivity index (χ3n) is 4.49. The van der Waals surface area contributed by atoms with Crippen molar-refractivity contribution in [2.45, 2.75) is 31.7 Å². The zero-order chi connectivity index (χ0) is 19.7. The van der Waals surface area contributed by atoms with E-state index >= 15 is 0 Å². The molecule has 4 aromatic rings. The van der Waals surface area contributed by atoms with Crippen LogP contribution in [0.3, 0.4) is 0 Å². The van der Waals surface area contributed by atoms with E-state index in [2.05, 4.69) is 46.6 Å². The predicted octanol–water partition coefficient (Wildman–Crippen LogP) is 4.72. The highest BCUT2D eigenvalue weighted by molar-refractivity contribution is 7.98. The number of para-hydroxylation sites is 1. The van der Waals surface area contributed by atoms with Crippen LogP contribution in [0.1, 0.15) is 22.4 Å². The van der Waals surface area contributed by atoms with E-state index in [-0.39, 0.29) is 0 Å². The second-order valence-electron chi connectivity index (χ2n) is 6.55. The molecule has 0 aliphatic rings. The molecule has 0 spiro atoms. The van der Waals surface area contributed by atoms with Crippen LogP contribution in [0, 0.1) is 20.8 Å². The summed E-state index contributed by atoms with van der Waals surface area (Å²) in [7, 11) is 0. The molecule has 2 aromatic carbocycles. The Morgan fingerprint density at radius 2 is 1.79 bits per heavy atom. The standard InChI is InChI=1S/C20H19ClN6S/c1-13-9-10-18(14(2)11-13)27-20(22-24-25-27)28-12-17-15(3)23-26(19(17)21)16-7-5-4-6-8-16/h4-11H,12H2,1-3H3. The molecule has 0 saturated carbocycles. The monoisotopic (exact) mass is 410 g/mol. The van der Waals surface area contributed by atoms with E-state index in [1.54, 1.807) is 21.1 Å². The van der Waals surface area contributed by atoms with Crippen molar-refractivity contribution in [2.24, 2.45) is 0 Å². The summed E-state index contributed by atoms with van der Waals surface area (Å²) >= 11 is 8.17. The molecule has 6 nitrogen and oxygen atoms in total. The number of nitrogens with zero attached hydrogens (tertiary/aromatic N) is 6. The average Bonchev–Trinajstić information content (AvgIpc) is 3.25. The zero-order valence-electron chi connectivity index (χ0n) is 15.8. The summed E-state index contributed by atoms with van der Waals surface area (Å²) in [5.74, 6) is 0.628. The van der Waals surface area contributed by atoms with Crippen LogP contribution in [-0.2, 0) is 5.75 Å². The highest BCUT2D eigenvalue weighted by atomic mass is 35.5. The number of rotatable bonds is 5. The van der Waals surface area contributed by atoms with Gasteiger partial charge in [-0.05, 0) is 55.0 Å². The summed E-state index contributed by atoms with van der Waals surface area (Å²) in [5, 5.41) is 18.1. The van der Waals surface area contributed by atoms with E-state index in [0.717, 1.165) is 33.4 Å². The Bertz CT molecular complexity index is 1120. The fourth-order valence-electron chi connectivity index (χ4n) is 3.04. The zero-order valence-corrected chi connectivity index (χ0v) is 17.4. The van der Waals surface area contributed by atoms with Crippen molar-refractivity contribution < 1.29 is 0 Å². The number of halogens is 1. The lowest BCUT2D eigenvalue weighted by Gasteiger charge is -2.08. The molecule has 8 heteroatoms. The van der Waals surface area contributed by atoms with Crippen LogP contribution in [0.2, 0.25) is 5.15 Å². The fourth-order valence-corrected chi connectivity index (χ4v) is 4.42.